The third kappa shape index (κ3) is 9.38. The third-order valence-corrected chi connectivity index (χ3v) is 19.4. The maximum absolute atomic E-state index is 7.13. The van der Waals surface area contributed by atoms with Crippen molar-refractivity contribution in [1.29, 1.82) is 0 Å². The first-order valence-electron chi connectivity index (χ1n) is 9.87. The summed E-state index contributed by atoms with van der Waals surface area (Å²) in [4.78, 5) is 0. The van der Waals surface area contributed by atoms with E-state index in [-0.39, 0.29) is 0 Å². The molecule has 0 amide bonds. The van der Waals surface area contributed by atoms with Crippen LogP contribution in [0.25, 0.3) is 0 Å². The van der Waals surface area contributed by atoms with Crippen molar-refractivity contribution in [1.82, 2.24) is 4.57 Å². The molecular formula is C19H38ClN2Sn+. The van der Waals surface area contributed by atoms with Crippen molar-refractivity contribution in [2.75, 3.05) is 0 Å². The van der Waals surface area contributed by atoms with Gasteiger partial charge < -0.3 is 0 Å². The van der Waals surface area contributed by atoms with Gasteiger partial charge in [-0.3, -0.25) is 0 Å². The van der Waals surface area contributed by atoms with Gasteiger partial charge in [-0.2, -0.15) is 0 Å². The van der Waals surface area contributed by atoms with Crippen LogP contribution < -0.4 is 4.57 Å². The van der Waals surface area contributed by atoms with Gasteiger partial charge in [-0.05, 0) is 0 Å². The van der Waals surface area contributed by atoms with Gasteiger partial charge in [0.15, 0.2) is 0 Å². The van der Waals surface area contributed by atoms with Gasteiger partial charge in [-0.15, -0.1) is 0 Å². The van der Waals surface area contributed by atoms with Crippen molar-refractivity contribution in [3.05, 3.63) is 18.7 Å². The second-order valence-electron chi connectivity index (χ2n) is 7.00. The predicted molar refractivity (Wildman–Crippen MR) is 105 cm³/mol. The first-order valence-corrected chi connectivity index (χ1v) is 19.5. The number of unbranched alkanes of at least 4 members (excludes halogenated alkanes) is 5. The molecule has 0 aromatic carbocycles. The second-order valence-corrected chi connectivity index (χ2v) is 23.2. The van der Waals surface area contributed by atoms with E-state index in [1.165, 1.54) is 64.7 Å². The van der Waals surface area contributed by atoms with Gasteiger partial charge in [-0.1, -0.05) is 0 Å². The fraction of sp³-hybridized carbons (Fsp3) is 0.842. The molecule has 0 N–H and O–H groups in total. The summed E-state index contributed by atoms with van der Waals surface area (Å²) < 4.78 is 8.78. The summed E-state index contributed by atoms with van der Waals surface area (Å²) in [5, 5.41) is 0. The van der Waals surface area contributed by atoms with E-state index in [4.69, 9.17) is 8.92 Å². The molecule has 1 rings (SSSR count). The number of rotatable bonds is 14. The maximum atomic E-state index is 7.13. The molecule has 0 atom stereocenters. The van der Waals surface area contributed by atoms with Gasteiger partial charge in [0.25, 0.3) is 0 Å². The predicted octanol–water partition coefficient (Wildman–Crippen LogP) is 6.14. The Morgan fingerprint density at radius 1 is 0.870 bits per heavy atom. The third-order valence-electron chi connectivity index (χ3n) is 4.86. The van der Waals surface area contributed by atoms with E-state index in [9.17, 15) is 0 Å². The number of hydrogen-bond donors (Lipinski definition) is 0. The molecule has 0 unspecified atom stereocenters. The van der Waals surface area contributed by atoms with Crippen LogP contribution in [0.2, 0.25) is 13.3 Å². The Kier molecular flexibility index (Phi) is 11.7. The molecule has 1 aromatic rings. The summed E-state index contributed by atoms with van der Waals surface area (Å²) in [6, 6.07) is 0. The van der Waals surface area contributed by atoms with Crippen LogP contribution in [0, 0.1) is 0 Å². The number of hydrogen-bond acceptors (Lipinski definition) is 0. The molecule has 2 nitrogen and oxygen atoms in total. The van der Waals surface area contributed by atoms with Gasteiger partial charge in [0.2, 0.25) is 0 Å². The Morgan fingerprint density at radius 2 is 1.48 bits per heavy atom. The van der Waals surface area contributed by atoms with Crippen molar-refractivity contribution < 1.29 is 4.57 Å². The summed E-state index contributed by atoms with van der Waals surface area (Å²) in [6.07, 6.45) is 17.3. The van der Waals surface area contributed by atoms with Crippen LogP contribution in [0.5, 0.6) is 0 Å². The molecule has 134 valence electrons. The van der Waals surface area contributed by atoms with E-state index in [2.05, 4.69) is 48.6 Å². The molecule has 0 aliphatic heterocycles. The van der Waals surface area contributed by atoms with Gasteiger partial charge >= 0.3 is 153 Å². The van der Waals surface area contributed by atoms with Crippen LogP contribution in [0.15, 0.2) is 18.7 Å². The molecule has 0 aliphatic carbocycles. The first kappa shape index (κ1) is 21.3. The van der Waals surface area contributed by atoms with Crippen molar-refractivity contribution in [2.24, 2.45) is 0 Å². The summed E-state index contributed by atoms with van der Waals surface area (Å²) in [5.41, 5.74) is 0. The van der Waals surface area contributed by atoms with Gasteiger partial charge in [0.1, 0.15) is 0 Å². The zero-order valence-corrected chi connectivity index (χ0v) is 19.3. The zero-order valence-electron chi connectivity index (χ0n) is 15.7. The van der Waals surface area contributed by atoms with E-state index in [0.29, 0.717) is 0 Å². The molecule has 0 saturated carbocycles. The Bertz CT molecular complexity index is 398. The van der Waals surface area contributed by atoms with E-state index in [1.54, 1.807) is 0 Å². The Morgan fingerprint density at radius 3 is 2.04 bits per heavy atom. The molecule has 0 radical (unpaired) electrons. The average molecular weight is 449 g/mol. The van der Waals surface area contributed by atoms with Crippen molar-refractivity contribution in [3.8, 4) is 0 Å². The van der Waals surface area contributed by atoms with Crippen molar-refractivity contribution in [2.45, 2.75) is 98.5 Å². The molecule has 0 fully saturated rings. The minimum absolute atomic E-state index is 1.06. The van der Waals surface area contributed by atoms with Crippen LogP contribution in [0.4, 0.5) is 0 Å². The van der Waals surface area contributed by atoms with Crippen molar-refractivity contribution >= 4 is 26.2 Å². The van der Waals surface area contributed by atoms with Crippen LogP contribution in [0.1, 0.15) is 72.1 Å². The van der Waals surface area contributed by atoms with Gasteiger partial charge in [-0.25, -0.2) is 0 Å². The second kappa shape index (κ2) is 12.6. The topological polar surface area (TPSA) is 8.81 Å². The van der Waals surface area contributed by atoms with E-state index >= 15 is 0 Å². The summed E-state index contributed by atoms with van der Waals surface area (Å²) >= 11 is -2.24. The molecule has 0 saturated heterocycles. The number of nitrogens with zero attached hydrogens (tertiary/aromatic N) is 2. The molecule has 0 aliphatic rings. The van der Waals surface area contributed by atoms with E-state index < -0.39 is 17.3 Å². The van der Waals surface area contributed by atoms with Gasteiger partial charge in [0, 0.05) is 0 Å². The average Bonchev–Trinajstić information content (AvgIpc) is 3.02. The molecule has 0 spiro atoms. The van der Waals surface area contributed by atoms with Crippen LogP contribution in [-0.4, -0.2) is 21.8 Å². The summed E-state index contributed by atoms with van der Waals surface area (Å²) in [7, 11) is 7.13. The molecule has 1 heterocycles. The quantitative estimate of drug-likeness (QED) is 0.184. The number of halogens is 1. The summed E-state index contributed by atoms with van der Waals surface area (Å²) in [5.74, 6) is 0. The molecule has 0 bridgehead atoms. The standard InChI is InChI=1S/C11H20N2.2C4H9.ClH.Sn/c1-3-5-6-7-8-13-10-9-12(4-2)11-13;2*1-3-4-2;;/h9-11H,1,3-8H2,2H3;2*1,3-4H2,2H3;1H;/q+1;;;;+1/p-1. The Balaban J connectivity index is 2.17. The fourth-order valence-electron chi connectivity index (χ4n) is 3.21. The first-order chi connectivity index (χ1) is 11.1. The van der Waals surface area contributed by atoms with E-state index in [0.717, 1.165) is 13.1 Å². The Hall–Kier alpha value is 0.299. The fourth-order valence-corrected chi connectivity index (χ4v) is 16.2. The van der Waals surface area contributed by atoms with Gasteiger partial charge in [0.05, 0.1) is 0 Å². The number of aromatic nitrogens is 2. The monoisotopic (exact) mass is 449 g/mol. The van der Waals surface area contributed by atoms with Crippen molar-refractivity contribution in [3.63, 3.8) is 0 Å². The normalized spacial score (nSPS) is 12.0. The van der Waals surface area contributed by atoms with Crippen LogP contribution >= 0.6 is 8.92 Å². The molecule has 23 heavy (non-hydrogen) atoms. The molecule has 4 heteroatoms. The molecule has 1 aromatic heterocycles. The number of aryl methyl sites for hydroxylation is 2. The van der Waals surface area contributed by atoms with Crippen LogP contribution in [-0.2, 0) is 13.1 Å². The minimum atomic E-state index is -2.24. The molecular weight excluding hydrogens is 410 g/mol. The number of imidazole rings is 1. The zero-order chi connectivity index (χ0) is 17.0. The summed E-state index contributed by atoms with van der Waals surface area (Å²) in [6.45, 7) is 9.01. The Labute approximate surface area is 152 Å². The SMILES string of the molecule is CCC[CH2][Sn]([Cl])([CH2]CCC)[CH2]CCCCC[n+]1ccn(CC)c1. The van der Waals surface area contributed by atoms with E-state index in [1.807, 2.05) is 0 Å². The van der Waals surface area contributed by atoms with Crippen LogP contribution in [0.3, 0.4) is 0 Å².